The van der Waals surface area contributed by atoms with Crippen molar-refractivity contribution in [2.24, 2.45) is 5.84 Å². The first-order valence-corrected chi connectivity index (χ1v) is 5.08. The molecule has 0 aliphatic heterocycles. The van der Waals surface area contributed by atoms with Crippen molar-refractivity contribution in [3.8, 4) is 5.75 Å². The molecule has 0 aliphatic rings. The molecule has 0 aliphatic carbocycles. The normalized spacial score (nSPS) is 11.9. The number of para-hydroxylation sites is 1. The average molecular weight is 224 g/mol. The minimum atomic E-state index is -0.641. The molecule has 0 saturated heterocycles. The van der Waals surface area contributed by atoms with Crippen LogP contribution in [0.3, 0.4) is 0 Å². The lowest BCUT2D eigenvalue weighted by molar-refractivity contribution is -0.128. The number of benzene rings is 1. The maximum atomic E-state index is 11.3. The van der Waals surface area contributed by atoms with Crippen molar-refractivity contribution >= 4 is 5.91 Å². The fourth-order valence-corrected chi connectivity index (χ4v) is 1.32. The van der Waals surface area contributed by atoms with E-state index < -0.39 is 6.10 Å². The zero-order chi connectivity index (χ0) is 12.0. The molecule has 0 saturated carbocycles. The molecule has 1 atom stereocenters. The van der Waals surface area contributed by atoms with Crippen molar-refractivity contribution in [2.45, 2.75) is 26.1 Å². The number of aliphatic hydroxyl groups excluding tert-OH is 1. The second-order valence-corrected chi connectivity index (χ2v) is 3.29. The molecule has 0 fully saturated rings. The van der Waals surface area contributed by atoms with Gasteiger partial charge >= 0.3 is 0 Å². The number of hydrogen-bond acceptors (Lipinski definition) is 4. The molecule has 1 aromatic carbocycles. The highest BCUT2D eigenvalue weighted by atomic mass is 16.5. The number of carbonyl (C=O) groups excluding carboxylic acids is 1. The van der Waals surface area contributed by atoms with Gasteiger partial charge in [0.15, 0.2) is 6.10 Å². The van der Waals surface area contributed by atoms with Gasteiger partial charge in [0, 0.05) is 5.56 Å². The first kappa shape index (κ1) is 12.5. The molecule has 1 unspecified atom stereocenters. The standard InChI is InChI=1S/C11H16N2O3/c1-2-9(11(15)13-12)16-10-6-4-3-5-8(10)7-14/h3-6,9,14H,2,7,12H2,1H3,(H,13,15). The number of hydrogen-bond donors (Lipinski definition) is 3. The molecule has 16 heavy (non-hydrogen) atoms. The molecule has 1 amide bonds. The predicted octanol–water partition coefficient (Wildman–Crippen LogP) is 0.326. The van der Waals surface area contributed by atoms with Gasteiger partial charge < -0.3 is 9.84 Å². The monoisotopic (exact) mass is 224 g/mol. The molecule has 1 rings (SSSR count). The molecule has 0 radical (unpaired) electrons. The Labute approximate surface area is 94.2 Å². The minimum absolute atomic E-state index is 0.128. The van der Waals surface area contributed by atoms with E-state index in [0.29, 0.717) is 17.7 Å². The smallest absolute Gasteiger partial charge is 0.274 e. The van der Waals surface area contributed by atoms with Crippen LogP contribution in [0.2, 0.25) is 0 Å². The van der Waals surface area contributed by atoms with Crippen molar-refractivity contribution in [1.82, 2.24) is 5.43 Å². The van der Waals surface area contributed by atoms with Gasteiger partial charge in [-0.25, -0.2) is 5.84 Å². The van der Waals surface area contributed by atoms with Gasteiger partial charge in [-0.05, 0) is 12.5 Å². The molecule has 0 bridgehead atoms. The van der Waals surface area contributed by atoms with E-state index in [4.69, 9.17) is 15.7 Å². The fourth-order valence-electron chi connectivity index (χ4n) is 1.32. The lowest BCUT2D eigenvalue weighted by Gasteiger charge is -2.17. The molecule has 0 aromatic heterocycles. The summed E-state index contributed by atoms with van der Waals surface area (Å²) in [5.41, 5.74) is 2.69. The first-order valence-electron chi connectivity index (χ1n) is 5.08. The number of aliphatic hydroxyl groups is 1. The molecular formula is C11H16N2O3. The van der Waals surface area contributed by atoms with Crippen LogP contribution in [-0.4, -0.2) is 17.1 Å². The summed E-state index contributed by atoms with van der Waals surface area (Å²) in [6.07, 6.45) is -0.138. The van der Waals surface area contributed by atoms with Gasteiger partial charge in [0.1, 0.15) is 5.75 Å². The van der Waals surface area contributed by atoms with E-state index in [1.807, 2.05) is 12.3 Å². The van der Waals surface area contributed by atoms with Gasteiger partial charge in [0.2, 0.25) is 0 Å². The Kier molecular flexibility index (Phi) is 4.75. The summed E-state index contributed by atoms with van der Waals surface area (Å²) in [5.74, 6) is 5.16. The Hall–Kier alpha value is -1.59. The molecule has 0 heterocycles. The van der Waals surface area contributed by atoms with Crippen LogP contribution in [0.5, 0.6) is 5.75 Å². The fraction of sp³-hybridized carbons (Fsp3) is 0.364. The van der Waals surface area contributed by atoms with Gasteiger partial charge in [0.25, 0.3) is 5.91 Å². The van der Waals surface area contributed by atoms with E-state index in [0.717, 1.165) is 0 Å². The van der Waals surface area contributed by atoms with Crippen molar-refractivity contribution in [1.29, 1.82) is 0 Å². The van der Waals surface area contributed by atoms with Crippen LogP contribution in [0.1, 0.15) is 18.9 Å². The summed E-state index contributed by atoms with van der Waals surface area (Å²) < 4.78 is 5.49. The Morgan fingerprint density at radius 3 is 2.81 bits per heavy atom. The molecular weight excluding hydrogens is 208 g/mol. The van der Waals surface area contributed by atoms with Gasteiger partial charge in [-0.2, -0.15) is 0 Å². The second-order valence-electron chi connectivity index (χ2n) is 3.29. The van der Waals surface area contributed by atoms with Crippen LogP contribution < -0.4 is 16.0 Å². The number of nitrogens with one attached hydrogen (secondary N) is 1. The number of nitrogens with two attached hydrogens (primary N) is 1. The Bertz CT molecular complexity index is 355. The van der Waals surface area contributed by atoms with E-state index >= 15 is 0 Å². The van der Waals surface area contributed by atoms with Crippen LogP contribution >= 0.6 is 0 Å². The van der Waals surface area contributed by atoms with Crippen molar-refractivity contribution < 1.29 is 14.6 Å². The summed E-state index contributed by atoms with van der Waals surface area (Å²) >= 11 is 0. The quantitative estimate of drug-likeness (QED) is 0.382. The third kappa shape index (κ3) is 2.95. The zero-order valence-corrected chi connectivity index (χ0v) is 9.14. The maximum absolute atomic E-state index is 11.3. The minimum Gasteiger partial charge on any atom is -0.480 e. The number of carbonyl (C=O) groups is 1. The number of ether oxygens (including phenoxy) is 1. The van der Waals surface area contributed by atoms with Crippen molar-refractivity contribution in [3.05, 3.63) is 29.8 Å². The number of hydrazine groups is 1. The van der Waals surface area contributed by atoms with Crippen LogP contribution in [0.4, 0.5) is 0 Å². The van der Waals surface area contributed by atoms with Crippen molar-refractivity contribution in [3.63, 3.8) is 0 Å². The van der Waals surface area contributed by atoms with Gasteiger partial charge in [0.05, 0.1) is 6.61 Å². The van der Waals surface area contributed by atoms with E-state index in [9.17, 15) is 4.79 Å². The second kappa shape index (κ2) is 6.09. The molecule has 0 spiro atoms. The van der Waals surface area contributed by atoms with Crippen LogP contribution in [0, 0.1) is 0 Å². The largest absolute Gasteiger partial charge is 0.480 e. The highest BCUT2D eigenvalue weighted by molar-refractivity contribution is 5.80. The van der Waals surface area contributed by atoms with Gasteiger partial charge in [-0.15, -0.1) is 0 Å². The summed E-state index contributed by atoms with van der Waals surface area (Å²) in [5, 5.41) is 9.09. The lowest BCUT2D eigenvalue weighted by atomic mass is 10.2. The highest BCUT2D eigenvalue weighted by Crippen LogP contribution is 2.19. The van der Waals surface area contributed by atoms with Crippen LogP contribution in [-0.2, 0) is 11.4 Å². The number of rotatable bonds is 5. The first-order chi connectivity index (χ1) is 7.72. The van der Waals surface area contributed by atoms with Gasteiger partial charge in [-0.1, -0.05) is 25.1 Å². The Balaban J connectivity index is 2.81. The summed E-state index contributed by atoms with van der Waals surface area (Å²) in [6.45, 7) is 1.69. The van der Waals surface area contributed by atoms with E-state index in [1.165, 1.54) is 0 Å². The maximum Gasteiger partial charge on any atom is 0.274 e. The topological polar surface area (TPSA) is 84.6 Å². The Morgan fingerprint density at radius 2 is 2.25 bits per heavy atom. The van der Waals surface area contributed by atoms with E-state index in [1.54, 1.807) is 24.3 Å². The lowest BCUT2D eigenvalue weighted by Crippen LogP contribution is -2.41. The molecule has 5 nitrogen and oxygen atoms in total. The van der Waals surface area contributed by atoms with Gasteiger partial charge in [-0.3, -0.25) is 10.2 Å². The third-order valence-corrected chi connectivity index (χ3v) is 2.22. The van der Waals surface area contributed by atoms with E-state index in [-0.39, 0.29) is 12.5 Å². The van der Waals surface area contributed by atoms with E-state index in [2.05, 4.69) is 0 Å². The summed E-state index contributed by atoms with van der Waals surface area (Å²) in [7, 11) is 0. The SMILES string of the molecule is CCC(Oc1ccccc1CO)C(=O)NN. The van der Waals surface area contributed by atoms with Crippen LogP contribution in [0.25, 0.3) is 0 Å². The van der Waals surface area contributed by atoms with Crippen molar-refractivity contribution in [2.75, 3.05) is 0 Å². The molecule has 1 aromatic rings. The average Bonchev–Trinajstić information content (AvgIpc) is 2.35. The summed E-state index contributed by atoms with van der Waals surface area (Å²) in [6, 6.07) is 7.02. The predicted molar refractivity (Wildman–Crippen MR) is 59.4 cm³/mol. The zero-order valence-electron chi connectivity index (χ0n) is 9.14. The highest BCUT2D eigenvalue weighted by Gasteiger charge is 2.18. The molecule has 4 N–H and O–H groups in total. The molecule has 5 heteroatoms. The third-order valence-electron chi connectivity index (χ3n) is 2.22. The van der Waals surface area contributed by atoms with Crippen LogP contribution in [0.15, 0.2) is 24.3 Å². The number of amides is 1. The molecule has 88 valence electrons. The Morgan fingerprint density at radius 1 is 1.56 bits per heavy atom. The summed E-state index contributed by atoms with van der Waals surface area (Å²) in [4.78, 5) is 11.3.